The first kappa shape index (κ1) is 15.4. The summed E-state index contributed by atoms with van der Waals surface area (Å²) in [6, 6.07) is 3.14. The Morgan fingerprint density at radius 2 is 1.85 bits per heavy atom. The minimum absolute atomic E-state index is 0.145. The molecule has 20 heavy (non-hydrogen) atoms. The van der Waals surface area contributed by atoms with E-state index in [-0.39, 0.29) is 18.1 Å². The van der Waals surface area contributed by atoms with Gasteiger partial charge < -0.3 is 10.2 Å². The van der Waals surface area contributed by atoms with Crippen molar-refractivity contribution in [2.45, 2.75) is 25.8 Å². The first-order valence-corrected chi connectivity index (χ1v) is 7.32. The highest BCUT2D eigenvalue weighted by Gasteiger charge is 2.22. The van der Waals surface area contributed by atoms with Gasteiger partial charge in [-0.3, -0.25) is 9.69 Å². The minimum Gasteiger partial charge on any atom is -0.508 e. The third kappa shape index (κ3) is 4.01. The van der Waals surface area contributed by atoms with Gasteiger partial charge in [-0.2, -0.15) is 0 Å². The third-order valence-electron chi connectivity index (χ3n) is 3.69. The molecule has 2 N–H and O–H groups in total. The van der Waals surface area contributed by atoms with Crippen LogP contribution >= 0.6 is 23.2 Å². The Morgan fingerprint density at radius 3 is 2.45 bits per heavy atom. The fourth-order valence-corrected chi connectivity index (χ4v) is 2.88. The van der Waals surface area contributed by atoms with Gasteiger partial charge in [-0.1, -0.05) is 23.2 Å². The summed E-state index contributed by atoms with van der Waals surface area (Å²) >= 11 is 11.8. The maximum absolute atomic E-state index is 10.7. The van der Waals surface area contributed by atoms with E-state index in [1.807, 2.05) is 0 Å². The van der Waals surface area contributed by atoms with Gasteiger partial charge in [-0.15, -0.1) is 0 Å². The van der Waals surface area contributed by atoms with Gasteiger partial charge in [0.2, 0.25) is 0 Å². The largest absolute Gasteiger partial charge is 0.508 e. The fourth-order valence-electron chi connectivity index (χ4n) is 2.54. The molecule has 1 fully saturated rings. The quantitative estimate of drug-likeness (QED) is 0.893. The summed E-state index contributed by atoms with van der Waals surface area (Å²) in [7, 11) is 0. The van der Waals surface area contributed by atoms with E-state index in [0.717, 1.165) is 31.5 Å². The lowest BCUT2D eigenvalue weighted by molar-refractivity contribution is -0.138. The molecule has 0 unspecified atom stereocenters. The number of carboxylic acids is 1. The fraction of sp³-hybridized carbons (Fsp3) is 0.500. The molecule has 4 nitrogen and oxygen atoms in total. The Hall–Kier alpha value is -0.970. The predicted octanol–water partition coefficient (Wildman–Crippen LogP) is 3.39. The van der Waals surface area contributed by atoms with Crippen LogP contribution in [0.15, 0.2) is 12.1 Å². The lowest BCUT2D eigenvalue weighted by atomic mass is 9.93. The second-order valence-electron chi connectivity index (χ2n) is 5.21. The molecule has 0 saturated carbocycles. The van der Waals surface area contributed by atoms with E-state index in [4.69, 9.17) is 28.3 Å². The summed E-state index contributed by atoms with van der Waals surface area (Å²) in [5.74, 6) is -0.330. The van der Waals surface area contributed by atoms with Crippen LogP contribution in [0.25, 0.3) is 0 Å². The van der Waals surface area contributed by atoms with Crippen LogP contribution in [0.3, 0.4) is 0 Å². The zero-order chi connectivity index (χ0) is 14.7. The Kier molecular flexibility index (Phi) is 5.13. The number of phenolic OH excluding ortho intramolecular Hbond substituents is 1. The first-order valence-electron chi connectivity index (χ1n) is 6.56. The van der Waals surface area contributed by atoms with Crippen LogP contribution in [0.1, 0.15) is 24.8 Å². The van der Waals surface area contributed by atoms with E-state index in [0.29, 0.717) is 16.6 Å². The van der Waals surface area contributed by atoms with E-state index in [9.17, 15) is 9.90 Å². The average Bonchev–Trinajstić information content (AvgIpc) is 2.37. The van der Waals surface area contributed by atoms with Gasteiger partial charge >= 0.3 is 5.97 Å². The van der Waals surface area contributed by atoms with Crippen LogP contribution in [0.2, 0.25) is 10.0 Å². The highest BCUT2D eigenvalue weighted by molar-refractivity contribution is 6.42. The number of nitrogens with zero attached hydrogens (tertiary/aromatic N) is 1. The number of likely N-dealkylation sites (tertiary alicyclic amines) is 1. The van der Waals surface area contributed by atoms with Crippen LogP contribution in [0.5, 0.6) is 5.75 Å². The van der Waals surface area contributed by atoms with Crippen molar-refractivity contribution in [2.75, 3.05) is 13.1 Å². The molecule has 0 bridgehead atoms. The monoisotopic (exact) mass is 317 g/mol. The number of piperidine rings is 1. The standard InChI is InChI=1S/C14H17Cl2NO3/c15-11-6-10(13(18)7-12(11)16)8-17-3-1-9(2-4-17)5-14(19)20/h6-7,9,18H,1-5,8H2,(H,19,20). The smallest absolute Gasteiger partial charge is 0.303 e. The van der Waals surface area contributed by atoms with E-state index >= 15 is 0 Å². The van der Waals surface area contributed by atoms with E-state index < -0.39 is 5.97 Å². The molecule has 0 aromatic heterocycles. The van der Waals surface area contributed by atoms with Crippen molar-refractivity contribution in [3.05, 3.63) is 27.7 Å². The summed E-state index contributed by atoms with van der Waals surface area (Å²) in [6.07, 6.45) is 1.98. The molecule has 1 heterocycles. The van der Waals surface area contributed by atoms with E-state index in [2.05, 4.69) is 4.90 Å². The molecule has 110 valence electrons. The summed E-state index contributed by atoms with van der Waals surface area (Å²) < 4.78 is 0. The molecule has 0 aliphatic carbocycles. The predicted molar refractivity (Wildman–Crippen MR) is 78.4 cm³/mol. The van der Waals surface area contributed by atoms with Gasteiger partial charge in [0.25, 0.3) is 0 Å². The maximum Gasteiger partial charge on any atom is 0.303 e. The SMILES string of the molecule is O=C(O)CC1CCN(Cc2cc(Cl)c(Cl)cc2O)CC1. The highest BCUT2D eigenvalue weighted by Crippen LogP contribution is 2.31. The van der Waals surface area contributed by atoms with Crippen molar-refractivity contribution in [1.29, 1.82) is 0 Å². The molecule has 0 amide bonds. The van der Waals surface area contributed by atoms with Crippen molar-refractivity contribution >= 4 is 29.2 Å². The van der Waals surface area contributed by atoms with Crippen LogP contribution in [-0.4, -0.2) is 34.2 Å². The highest BCUT2D eigenvalue weighted by atomic mass is 35.5. The number of aliphatic carboxylic acids is 1. The lowest BCUT2D eigenvalue weighted by Gasteiger charge is -2.31. The number of rotatable bonds is 4. The number of phenols is 1. The molecule has 1 aromatic carbocycles. The van der Waals surface area contributed by atoms with Crippen LogP contribution in [0.4, 0.5) is 0 Å². The third-order valence-corrected chi connectivity index (χ3v) is 4.41. The molecule has 0 atom stereocenters. The second kappa shape index (κ2) is 6.66. The van der Waals surface area contributed by atoms with E-state index in [1.54, 1.807) is 6.07 Å². The molecule has 6 heteroatoms. The summed E-state index contributed by atoms with van der Waals surface area (Å²) in [5.41, 5.74) is 0.746. The van der Waals surface area contributed by atoms with Gasteiger partial charge in [0, 0.05) is 24.6 Å². The normalized spacial score (nSPS) is 17.3. The minimum atomic E-state index is -0.731. The van der Waals surface area contributed by atoms with E-state index in [1.165, 1.54) is 6.07 Å². The number of halogens is 2. The number of benzene rings is 1. The topological polar surface area (TPSA) is 60.8 Å². The number of carboxylic acid groups (broad SMARTS) is 1. The van der Waals surface area contributed by atoms with Gasteiger partial charge in [-0.25, -0.2) is 0 Å². The van der Waals surface area contributed by atoms with Gasteiger partial charge in [-0.05, 0) is 37.9 Å². The Bertz CT molecular complexity index is 499. The van der Waals surface area contributed by atoms with Crippen LogP contribution < -0.4 is 0 Å². The number of hydrogen-bond acceptors (Lipinski definition) is 3. The lowest BCUT2D eigenvalue weighted by Crippen LogP contribution is -2.33. The van der Waals surface area contributed by atoms with Crippen molar-refractivity contribution in [3.63, 3.8) is 0 Å². The number of aromatic hydroxyl groups is 1. The Morgan fingerprint density at radius 1 is 1.25 bits per heavy atom. The molecular weight excluding hydrogens is 301 g/mol. The first-order chi connectivity index (χ1) is 9.45. The molecule has 2 rings (SSSR count). The zero-order valence-corrected chi connectivity index (χ0v) is 12.5. The van der Waals surface area contributed by atoms with Gasteiger partial charge in [0.1, 0.15) is 5.75 Å². The zero-order valence-electron chi connectivity index (χ0n) is 11.0. The Labute approximate surface area is 127 Å². The van der Waals surface area contributed by atoms with Gasteiger partial charge in [0.15, 0.2) is 0 Å². The number of carbonyl (C=O) groups is 1. The van der Waals surface area contributed by atoms with Crippen molar-refractivity contribution in [3.8, 4) is 5.75 Å². The molecule has 1 aliphatic rings. The van der Waals surface area contributed by atoms with Crippen molar-refractivity contribution in [1.82, 2.24) is 4.90 Å². The number of hydrogen-bond donors (Lipinski definition) is 2. The molecule has 0 spiro atoms. The Balaban J connectivity index is 1.93. The molecule has 1 aliphatic heterocycles. The summed E-state index contributed by atoms with van der Waals surface area (Å²) in [5, 5.41) is 19.4. The van der Waals surface area contributed by atoms with Gasteiger partial charge in [0.05, 0.1) is 10.0 Å². The van der Waals surface area contributed by atoms with Crippen molar-refractivity contribution < 1.29 is 15.0 Å². The van der Waals surface area contributed by atoms with Crippen LogP contribution in [-0.2, 0) is 11.3 Å². The van der Waals surface area contributed by atoms with Crippen LogP contribution in [0, 0.1) is 5.92 Å². The molecule has 0 radical (unpaired) electrons. The molecular formula is C14H17Cl2NO3. The summed E-state index contributed by atoms with van der Waals surface area (Å²) in [4.78, 5) is 12.9. The second-order valence-corrected chi connectivity index (χ2v) is 6.03. The van der Waals surface area contributed by atoms with Crippen molar-refractivity contribution in [2.24, 2.45) is 5.92 Å². The average molecular weight is 318 g/mol. The summed E-state index contributed by atoms with van der Waals surface area (Å²) in [6.45, 7) is 2.26. The molecule has 1 saturated heterocycles. The molecule has 1 aromatic rings. The maximum atomic E-state index is 10.7.